The Morgan fingerprint density at radius 2 is 2.21 bits per heavy atom. The molecule has 8 heteroatoms. The monoisotopic (exact) mass is 334 g/mol. The quantitative estimate of drug-likeness (QED) is 0.843. The van der Waals surface area contributed by atoms with Gasteiger partial charge in [-0.15, -0.1) is 0 Å². The highest BCUT2D eigenvalue weighted by Gasteiger charge is 2.42. The van der Waals surface area contributed by atoms with Gasteiger partial charge in [-0.3, -0.25) is 14.4 Å². The number of amides is 1. The van der Waals surface area contributed by atoms with Gasteiger partial charge in [0.2, 0.25) is 0 Å². The number of hydrogen-bond acceptors (Lipinski definition) is 5. The van der Waals surface area contributed by atoms with E-state index in [1.165, 1.54) is 0 Å². The first-order valence-corrected chi connectivity index (χ1v) is 8.32. The summed E-state index contributed by atoms with van der Waals surface area (Å²) in [5.74, 6) is -0.106. The number of halogens is 1. The third-order valence-corrected chi connectivity index (χ3v) is 5.38. The van der Waals surface area contributed by atoms with Crippen LogP contribution >= 0.6 is 0 Å². The van der Waals surface area contributed by atoms with E-state index >= 15 is 0 Å². The zero-order valence-corrected chi connectivity index (χ0v) is 13.8. The zero-order valence-electron chi connectivity index (χ0n) is 13.8. The largest absolute Gasteiger partial charge is 0.371 e. The Morgan fingerprint density at radius 1 is 1.54 bits per heavy atom. The number of hydrogen-bond donors (Lipinski definition) is 2. The maximum atomic E-state index is 13.1. The lowest BCUT2D eigenvalue weighted by molar-refractivity contribution is -0.00396. The molecule has 0 bridgehead atoms. The molecule has 0 atom stereocenters. The number of nitrogens with one attached hydrogen (secondary N) is 1. The van der Waals surface area contributed by atoms with Crippen LogP contribution in [-0.4, -0.2) is 52.9 Å². The second kappa shape index (κ2) is 6.40. The van der Waals surface area contributed by atoms with Crippen LogP contribution in [0.4, 0.5) is 10.2 Å². The Morgan fingerprint density at radius 3 is 2.67 bits per heavy atom. The molecule has 1 aliphatic carbocycles. The molecule has 1 aromatic rings. The minimum Gasteiger partial charge on any atom is -0.371 e. The van der Waals surface area contributed by atoms with Gasteiger partial charge in [-0.2, -0.15) is 10.4 Å². The Kier molecular flexibility index (Phi) is 4.45. The van der Waals surface area contributed by atoms with Crippen LogP contribution in [0.2, 0.25) is 0 Å². The summed E-state index contributed by atoms with van der Waals surface area (Å²) in [6, 6.07) is 2.63. The van der Waals surface area contributed by atoms with Crippen molar-refractivity contribution in [2.45, 2.75) is 49.9 Å². The normalized spacial score (nSPS) is 28.1. The predicted molar refractivity (Wildman–Crippen MR) is 87.2 cm³/mol. The molecule has 1 saturated heterocycles. The minimum atomic E-state index is -0.696. The van der Waals surface area contributed by atoms with Crippen molar-refractivity contribution >= 4 is 11.7 Å². The summed E-state index contributed by atoms with van der Waals surface area (Å²) in [4.78, 5) is 13.8. The third-order valence-electron chi connectivity index (χ3n) is 5.38. The third kappa shape index (κ3) is 2.84. The number of rotatable bonds is 5. The molecule has 130 valence electrons. The first-order chi connectivity index (χ1) is 11.5. The van der Waals surface area contributed by atoms with Gasteiger partial charge in [-0.05, 0) is 25.7 Å². The zero-order chi connectivity index (χ0) is 17.3. The summed E-state index contributed by atoms with van der Waals surface area (Å²) in [6.07, 6.45) is 4.63. The van der Waals surface area contributed by atoms with Gasteiger partial charge in [0.05, 0.1) is 18.0 Å². The molecule has 1 saturated carbocycles. The van der Waals surface area contributed by atoms with Crippen LogP contribution in [0.3, 0.4) is 0 Å². The van der Waals surface area contributed by atoms with Crippen molar-refractivity contribution in [1.82, 2.24) is 14.7 Å². The highest BCUT2D eigenvalue weighted by Crippen LogP contribution is 2.40. The number of primary amides is 1. The Hall–Kier alpha value is -2.14. The Bertz CT molecular complexity index is 652. The maximum Gasteiger partial charge on any atom is 0.254 e. The van der Waals surface area contributed by atoms with Gasteiger partial charge in [-0.25, -0.2) is 4.39 Å². The van der Waals surface area contributed by atoms with Crippen molar-refractivity contribution in [1.29, 1.82) is 5.26 Å². The molecule has 0 aromatic carbocycles. The van der Waals surface area contributed by atoms with Gasteiger partial charge in [-0.1, -0.05) is 0 Å². The molecular formula is C16H23FN6O. The fourth-order valence-electron chi connectivity index (χ4n) is 3.87. The topological polar surface area (TPSA) is 100.0 Å². The number of alkyl halides is 1. The summed E-state index contributed by atoms with van der Waals surface area (Å²) < 4.78 is 14.8. The van der Waals surface area contributed by atoms with E-state index in [9.17, 15) is 14.4 Å². The fourth-order valence-corrected chi connectivity index (χ4v) is 3.87. The molecule has 2 fully saturated rings. The molecule has 24 heavy (non-hydrogen) atoms. The van der Waals surface area contributed by atoms with E-state index in [0.29, 0.717) is 36.9 Å². The summed E-state index contributed by atoms with van der Waals surface area (Å²) >= 11 is 0. The lowest BCUT2D eigenvalue weighted by Crippen LogP contribution is -2.55. The number of carbonyl (C=O) groups excluding carboxylic acids is 1. The molecule has 1 aliphatic heterocycles. The standard InChI is InChI=1S/C16H23FN6O/c1-20-15-13(14(19)24)10-23(21-15)16(6-7-18)4-2-12(3-5-16)22-8-11(17)9-22/h10-12H,2-6,8-9H2,1H3,(H2,19,24)(H,20,21). The van der Waals surface area contributed by atoms with E-state index in [4.69, 9.17) is 5.73 Å². The van der Waals surface area contributed by atoms with Crippen LogP contribution in [0.5, 0.6) is 0 Å². The number of nitrogens with zero attached hydrogens (tertiary/aromatic N) is 4. The summed E-state index contributed by atoms with van der Waals surface area (Å²) in [5.41, 5.74) is 5.32. The first-order valence-electron chi connectivity index (χ1n) is 8.32. The molecule has 3 N–H and O–H groups in total. The molecule has 0 unspecified atom stereocenters. The molecule has 0 spiro atoms. The van der Waals surface area contributed by atoms with Crippen molar-refractivity contribution in [3.8, 4) is 6.07 Å². The summed E-state index contributed by atoms with van der Waals surface area (Å²) in [6.45, 7) is 1.04. The van der Waals surface area contributed by atoms with Gasteiger partial charge >= 0.3 is 0 Å². The fraction of sp³-hybridized carbons (Fsp3) is 0.688. The maximum absolute atomic E-state index is 13.1. The van der Waals surface area contributed by atoms with E-state index in [0.717, 1.165) is 25.7 Å². The van der Waals surface area contributed by atoms with Crippen LogP contribution in [-0.2, 0) is 5.54 Å². The van der Waals surface area contributed by atoms with Gasteiger partial charge in [0, 0.05) is 32.4 Å². The van der Waals surface area contributed by atoms with Gasteiger partial charge in [0.1, 0.15) is 11.7 Å². The number of aromatic nitrogens is 2. The first kappa shape index (κ1) is 16.7. The molecule has 3 rings (SSSR count). The number of likely N-dealkylation sites (tertiary alicyclic amines) is 1. The number of anilines is 1. The average Bonchev–Trinajstić information content (AvgIpc) is 2.98. The minimum absolute atomic E-state index is 0.328. The van der Waals surface area contributed by atoms with Gasteiger partial charge in [0.15, 0.2) is 5.82 Å². The van der Waals surface area contributed by atoms with Crippen molar-refractivity contribution in [3.05, 3.63) is 11.8 Å². The van der Waals surface area contributed by atoms with E-state index in [1.807, 2.05) is 0 Å². The molecule has 0 radical (unpaired) electrons. The van der Waals surface area contributed by atoms with Crippen LogP contribution in [0.1, 0.15) is 42.5 Å². The van der Waals surface area contributed by atoms with E-state index < -0.39 is 17.6 Å². The SMILES string of the molecule is CNc1nn(C2(CC#N)CCC(N3CC(F)C3)CC2)cc1C(N)=O. The van der Waals surface area contributed by atoms with Crippen LogP contribution in [0.15, 0.2) is 6.20 Å². The second-order valence-electron chi connectivity index (χ2n) is 6.79. The molecule has 1 aromatic heterocycles. The summed E-state index contributed by atoms with van der Waals surface area (Å²) in [5, 5.41) is 16.6. The van der Waals surface area contributed by atoms with Gasteiger partial charge in [0.25, 0.3) is 5.91 Å². The Balaban J connectivity index is 1.80. The van der Waals surface area contributed by atoms with Crippen molar-refractivity contribution < 1.29 is 9.18 Å². The van der Waals surface area contributed by atoms with Crippen LogP contribution in [0.25, 0.3) is 0 Å². The number of nitrogens with two attached hydrogens (primary N) is 1. The highest BCUT2D eigenvalue weighted by atomic mass is 19.1. The number of carbonyl (C=O) groups is 1. The predicted octanol–water partition coefficient (Wildman–Crippen LogP) is 1.23. The smallest absolute Gasteiger partial charge is 0.254 e. The molecular weight excluding hydrogens is 311 g/mol. The van der Waals surface area contributed by atoms with E-state index in [2.05, 4.69) is 21.4 Å². The van der Waals surface area contributed by atoms with Crippen molar-refractivity contribution in [3.63, 3.8) is 0 Å². The molecule has 2 aliphatic rings. The lowest BCUT2D eigenvalue weighted by atomic mass is 9.76. The second-order valence-corrected chi connectivity index (χ2v) is 6.79. The lowest BCUT2D eigenvalue weighted by Gasteiger charge is -2.46. The molecule has 2 heterocycles. The van der Waals surface area contributed by atoms with Crippen molar-refractivity contribution in [2.75, 3.05) is 25.5 Å². The average molecular weight is 334 g/mol. The van der Waals surface area contributed by atoms with E-state index in [1.54, 1.807) is 17.9 Å². The van der Waals surface area contributed by atoms with Crippen LogP contribution in [0, 0.1) is 11.3 Å². The molecule has 1 amide bonds. The van der Waals surface area contributed by atoms with Gasteiger partial charge < -0.3 is 11.1 Å². The van der Waals surface area contributed by atoms with Crippen molar-refractivity contribution in [2.24, 2.45) is 5.73 Å². The van der Waals surface area contributed by atoms with Crippen LogP contribution < -0.4 is 11.1 Å². The Labute approximate surface area is 140 Å². The van der Waals surface area contributed by atoms with E-state index in [-0.39, 0.29) is 0 Å². The highest BCUT2D eigenvalue weighted by molar-refractivity contribution is 5.97. The number of nitriles is 1. The molecule has 7 nitrogen and oxygen atoms in total. The summed E-state index contributed by atoms with van der Waals surface area (Å²) in [7, 11) is 1.68.